The van der Waals surface area contributed by atoms with Gasteiger partial charge in [0.2, 0.25) is 0 Å². The van der Waals surface area contributed by atoms with E-state index >= 15 is 0 Å². The molecule has 0 spiro atoms. The second kappa shape index (κ2) is 5.43. The first-order chi connectivity index (χ1) is 10.4. The van der Waals surface area contributed by atoms with Gasteiger partial charge in [0.1, 0.15) is 5.69 Å². The zero-order valence-electron chi connectivity index (χ0n) is 13.7. The van der Waals surface area contributed by atoms with Crippen molar-refractivity contribution < 1.29 is 9.90 Å². The van der Waals surface area contributed by atoms with E-state index < -0.39 is 0 Å². The van der Waals surface area contributed by atoms with Gasteiger partial charge in [0.05, 0.1) is 6.10 Å². The standard InChI is InChI=1S/C18H24N2O2/c1-10-5-6-11(2)16-15(10)13(4)17(19-16)18(22)20-8-7-14(21)12(3)9-20/h5-6,12,14,19,21H,7-9H2,1-4H3/t12-,14+/m0/s1. The maximum absolute atomic E-state index is 12.9. The lowest BCUT2D eigenvalue weighted by Gasteiger charge is -2.34. The van der Waals surface area contributed by atoms with Gasteiger partial charge in [-0.2, -0.15) is 0 Å². The fourth-order valence-electron chi connectivity index (χ4n) is 3.49. The van der Waals surface area contributed by atoms with Crippen LogP contribution in [-0.2, 0) is 0 Å². The highest BCUT2D eigenvalue weighted by molar-refractivity contribution is 6.02. The van der Waals surface area contributed by atoms with E-state index in [1.165, 1.54) is 5.56 Å². The van der Waals surface area contributed by atoms with Crippen LogP contribution in [-0.4, -0.2) is 40.1 Å². The van der Waals surface area contributed by atoms with E-state index in [1.807, 2.05) is 18.7 Å². The topological polar surface area (TPSA) is 56.3 Å². The lowest BCUT2D eigenvalue weighted by atomic mass is 9.96. The molecule has 0 saturated carbocycles. The minimum Gasteiger partial charge on any atom is -0.393 e. The van der Waals surface area contributed by atoms with Crippen LogP contribution in [0.25, 0.3) is 10.9 Å². The van der Waals surface area contributed by atoms with Crippen LogP contribution in [0, 0.1) is 26.7 Å². The second-order valence-corrected chi connectivity index (χ2v) is 6.66. The summed E-state index contributed by atoms with van der Waals surface area (Å²) < 4.78 is 0. The number of hydrogen-bond donors (Lipinski definition) is 2. The smallest absolute Gasteiger partial charge is 0.270 e. The Balaban J connectivity index is 2.00. The minimum atomic E-state index is -0.294. The number of H-pyrrole nitrogens is 1. The molecule has 1 amide bonds. The summed E-state index contributed by atoms with van der Waals surface area (Å²) in [6, 6.07) is 4.19. The number of aliphatic hydroxyl groups is 1. The van der Waals surface area contributed by atoms with Gasteiger partial charge in [-0.1, -0.05) is 19.1 Å². The fourth-order valence-corrected chi connectivity index (χ4v) is 3.49. The number of carbonyl (C=O) groups excluding carboxylic acids is 1. The molecule has 118 valence electrons. The van der Waals surface area contributed by atoms with Gasteiger partial charge < -0.3 is 15.0 Å². The van der Waals surface area contributed by atoms with Gasteiger partial charge in [-0.25, -0.2) is 0 Å². The average molecular weight is 300 g/mol. The number of aromatic amines is 1. The number of aromatic nitrogens is 1. The predicted octanol–water partition coefficient (Wildman–Crippen LogP) is 2.94. The molecule has 2 N–H and O–H groups in total. The summed E-state index contributed by atoms with van der Waals surface area (Å²) in [5, 5.41) is 11.0. The van der Waals surface area contributed by atoms with E-state index in [0.29, 0.717) is 25.2 Å². The summed E-state index contributed by atoms with van der Waals surface area (Å²) in [7, 11) is 0. The number of nitrogens with one attached hydrogen (secondary N) is 1. The van der Waals surface area contributed by atoms with Gasteiger partial charge in [-0.3, -0.25) is 4.79 Å². The van der Waals surface area contributed by atoms with Crippen LogP contribution >= 0.6 is 0 Å². The molecular formula is C18H24N2O2. The first-order valence-electron chi connectivity index (χ1n) is 7.96. The molecule has 1 aliphatic rings. The molecular weight excluding hydrogens is 276 g/mol. The Hall–Kier alpha value is -1.81. The zero-order chi connectivity index (χ0) is 16.0. The number of amides is 1. The highest BCUT2D eigenvalue weighted by atomic mass is 16.3. The highest BCUT2D eigenvalue weighted by Gasteiger charge is 2.29. The first-order valence-corrected chi connectivity index (χ1v) is 7.96. The first kappa shape index (κ1) is 15.1. The van der Waals surface area contributed by atoms with E-state index in [4.69, 9.17) is 0 Å². The maximum atomic E-state index is 12.9. The number of benzene rings is 1. The Morgan fingerprint density at radius 3 is 2.59 bits per heavy atom. The van der Waals surface area contributed by atoms with Crippen molar-refractivity contribution in [2.75, 3.05) is 13.1 Å². The van der Waals surface area contributed by atoms with E-state index in [9.17, 15) is 9.90 Å². The number of hydrogen-bond acceptors (Lipinski definition) is 2. The normalized spacial score (nSPS) is 22.3. The molecule has 1 aromatic carbocycles. The van der Waals surface area contributed by atoms with Crippen molar-refractivity contribution in [3.8, 4) is 0 Å². The molecule has 4 nitrogen and oxygen atoms in total. The van der Waals surface area contributed by atoms with Crippen LogP contribution in [0.4, 0.5) is 0 Å². The van der Waals surface area contributed by atoms with Crippen molar-refractivity contribution in [2.45, 2.75) is 40.2 Å². The minimum absolute atomic E-state index is 0.0475. The number of nitrogens with zero attached hydrogens (tertiary/aromatic N) is 1. The van der Waals surface area contributed by atoms with E-state index in [0.717, 1.165) is 22.0 Å². The average Bonchev–Trinajstić information content (AvgIpc) is 2.84. The molecule has 22 heavy (non-hydrogen) atoms. The summed E-state index contributed by atoms with van der Waals surface area (Å²) in [6.07, 6.45) is 0.363. The summed E-state index contributed by atoms with van der Waals surface area (Å²) in [4.78, 5) is 18.1. The number of likely N-dealkylation sites (tertiary alicyclic amines) is 1. The molecule has 1 saturated heterocycles. The SMILES string of the molecule is Cc1ccc(C)c2c(C)c(C(=O)N3CC[C@@H](O)[C@@H](C)C3)[nH]c12. The van der Waals surface area contributed by atoms with Crippen molar-refractivity contribution in [2.24, 2.45) is 5.92 Å². The maximum Gasteiger partial charge on any atom is 0.270 e. The lowest BCUT2D eigenvalue weighted by molar-refractivity contribution is 0.0294. The third kappa shape index (κ3) is 2.31. The van der Waals surface area contributed by atoms with Crippen LogP contribution in [0.3, 0.4) is 0 Å². The van der Waals surface area contributed by atoms with Gasteiger partial charge in [0, 0.05) is 24.0 Å². The van der Waals surface area contributed by atoms with Crippen LogP contribution in [0.2, 0.25) is 0 Å². The third-order valence-electron chi connectivity index (χ3n) is 4.98. The number of fused-ring (bicyclic) bond motifs is 1. The van der Waals surface area contributed by atoms with Crippen LogP contribution in [0.1, 0.15) is 40.5 Å². The summed E-state index contributed by atoms with van der Waals surface area (Å²) in [6.45, 7) is 9.39. The Morgan fingerprint density at radius 2 is 1.95 bits per heavy atom. The quantitative estimate of drug-likeness (QED) is 0.851. The van der Waals surface area contributed by atoms with Crippen molar-refractivity contribution in [1.29, 1.82) is 0 Å². The molecule has 2 heterocycles. The Labute approximate surface area is 131 Å². The molecule has 0 aliphatic carbocycles. The Kier molecular flexibility index (Phi) is 3.73. The molecule has 1 aromatic heterocycles. The Morgan fingerprint density at radius 1 is 1.27 bits per heavy atom. The molecule has 0 bridgehead atoms. The van der Waals surface area contributed by atoms with Gasteiger partial charge in [-0.05, 0) is 49.8 Å². The van der Waals surface area contributed by atoms with Crippen molar-refractivity contribution in [1.82, 2.24) is 9.88 Å². The monoisotopic (exact) mass is 300 g/mol. The summed E-state index contributed by atoms with van der Waals surface area (Å²) in [5.41, 5.74) is 5.13. The molecule has 0 unspecified atom stereocenters. The van der Waals surface area contributed by atoms with Gasteiger partial charge in [0.15, 0.2) is 0 Å². The molecule has 2 aromatic rings. The highest BCUT2D eigenvalue weighted by Crippen LogP contribution is 2.29. The van der Waals surface area contributed by atoms with Gasteiger partial charge in [-0.15, -0.1) is 0 Å². The molecule has 4 heteroatoms. The third-order valence-corrected chi connectivity index (χ3v) is 4.98. The second-order valence-electron chi connectivity index (χ2n) is 6.66. The van der Waals surface area contributed by atoms with E-state index in [2.05, 4.69) is 31.0 Å². The molecule has 3 rings (SSSR count). The van der Waals surface area contributed by atoms with Crippen molar-refractivity contribution >= 4 is 16.8 Å². The summed E-state index contributed by atoms with van der Waals surface area (Å²) in [5.74, 6) is 0.178. The molecule has 0 radical (unpaired) electrons. The number of aliphatic hydroxyl groups excluding tert-OH is 1. The predicted molar refractivity (Wildman–Crippen MR) is 88.2 cm³/mol. The number of piperidine rings is 1. The zero-order valence-corrected chi connectivity index (χ0v) is 13.7. The lowest BCUT2D eigenvalue weighted by Crippen LogP contribution is -2.45. The van der Waals surface area contributed by atoms with Crippen LogP contribution in [0.15, 0.2) is 12.1 Å². The van der Waals surface area contributed by atoms with Crippen LogP contribution < -0.4 is 0 Å². The van der Waals surface area contributed by atoms with Crippen LogP contribution in [0.5, 0.6) is 0 Å². The molecule has 1 aliphatic heterocycles. The van der Waals surface area contributed by atoms with E-state index in [1.54, 1.807) is 0 Å². The largest absolute Gasteiger partial charge is 0.393 e. The van der Waals surface area contributed by atoms with E-state index in [-0.39, 0.29) is 17.9 Å². The number of aryl methyl sites for hydroxylation is 3. The van der Waals surface area contributed by atoms with Crippen molar-refractivity contribution in [3.63, 3.8) is 0 Å². The Bertz CT molecular complexity index is 732. The number of carbonyl (C=O) groups is 1. The van der Waals surface area contributed by atoms with Gasteiger partial charge >= 0.3 is 0 Å². The van der Waals surface area contributed by atoms with Crippen molar-refractivity contribution in [3.05, 3.63) is 34.5 Å². The molecule has 2 atom stereocenters. The molecule has 1 fully saturated rings. The number of rotatable bonds is 1. The summed E-state index contributed by atoms with van der Waals surface area (Å²) >= 11 is 0. The van der Waals surface area contributed by atoms with Gasteiger partial charge in [0.25, 0.3) is 5.91 Å². The fraction of sp³-hybridized carbons (Fsp3) is 0.500.